The smallest absolute Gasteiger partial charge is 0.255 e. The molecule has 2 rings (SSSR count). The van der Waals surface area contributed by atoms with Gasteiger partial charge in [-0.25, -0.2) is 0 Å². The molecule has 10 heteroatoms. The number of nitrogens with one attached hydrogen (secondary N) is 1. The van der Waals surface area contributed by atoms with Crippen LogP contribution < -0.4 is 11.3 Å². The summed E-state index contributed by atoms with van der Waals surface area (Å²) >= 11 is 5.03. The first kappa shape index (κ1) is 16.8. The topological polar surface area (TPSA) is 140 Å². The second-order valence-electron chi connectivity index (χ2n) is 4.97. The number of hydrogen-bond acceptors (Lipinski definition) is 7. The number of aromatic nitrogens is 2. The van der Waals surface area contributed by atoms with Crippen LogP contribution in [0.1, 0.15) is 11.8 Å². The molecular weight excluding hydrogens is 314 g/mol. The molecule has 0 aliphatic carbocycles. The summed E-state index contributed by atoms with van der Waals surface area (Å²) in [6.45, 7) is 0.0829. The van der Waals surface area contributed by atoms with Gasteiger partial charge in [-0.15, -0.1) is 0 Å². The summed E-state index contributed by atoms with van der Waals surface area (Å²) in [4.78, 5) is 25.1. The van der Waals surface area contributed by atoms with Crippen molar-refractivity contribution in [2.24, 2.45) is 5.73 Å². The van der Waals surface area contributed by atoms with E-state index in [2.05, 4.69) is 4.98 Å². The Morgan fingerprint density at radius 3 is 2.82 bits per heavy atom. The van der Waals surface area contributed by atoms with Crippen molar-refractivity contribution in [3.05, 3.63) is 26.9 Å². The number of hydrogen-bond donors (Lipinski definition) is 4. The van der Waals surface area contributed by atoms with E-state index in [0.29, 0.717) is 0 Å². The molecule has 1 aromatic rings. The summed E-state index contributed by atoms with van der Waals surface area (Å²) in [7, 11) is 1.44. The number of carbonyl (C=O) groups excluding carboxylic acids is 1. The molecule has 1 amide bonds. The van der Waals surface area contributed by atoms with E-state index in [4.69, 9.17) is 27.4 Å². The van der Waals surface area contributed by atoms with E-state index in [1.165, 1.54) is 17.9 Å². The van der Waals surface area contributed by atoms with Crippen molar-refractivity contribution in [3.63, 3.8) is 0 Å². The zero-order chi connectivity index (χ0) is 16.4. The summed E-state index contributed by atoms with van der Waals surface area (Å²) in [5.41, 5.74) is 4.63. The Labute approximate surface area is 130 Å². The number of nitrogens with two attached hydrogens (primary N) is 1. The minimum absolute atomic E-state index is 0.00691. The lowest BCUT2D eigenvalue weighted by Crippen LogP contribution is -2.34. The average molecular weight is 331 g/mol. The standard InChI is InChI=1S/C12H17N3O6S/c1-20-4-6-8(17)9(18)11(21-6)15-3-5(2-7(13)16)10(19)14-12(15)22/h3,6,8-9,11,17-18H,2,4H2,1H3,(H2,13,16)(H,14,19,22)/t6-,8-,9-,11-/m1/s1. The molecule has 0 radical (unpaired) electrons. The predicted molar refractivity (Wildman–Crippen MR) is 76.6 cm³/mol. The van der Waals surface area contributed by atoms with E-state index in [-0.39, 0.29) is 23.4 Å². The van der Waals surface area contributed by atoms with Crippen LogP contribution >= 0.6 is 12.2 Å². The fourth-order valence-electron chi connectivity index (χ4n) is 2.29. The number of H-pyrrole nitrogens is 1. The fraction of sp³-hybridized carbons (Fsp3) is 0.583. The van der Waals surface area contributed by atoms with E-state index < -0.39 is 36.0 Å². The van der Waals surface area contributed by atoms with Gasteiger partial charge in [0, 0.05) is 18.9 Å². The van der Waals surface area contributed by atoms with Crippen LogP contribution in [0.3, 0.4) is 0 Å². The molecule has 1 saturated heterocycles. The number of methoxy groups -OCH3 is 1. The highest BCUT2D eigenvalue weighted by molar-refractivity contribution is 7.71. The molecule has 0 spiro atoms. The lowest BCUT2D eigenvalue weighted by Gasteiger charge is -2.19. The number of aliphatic hydroxyl groups excluding tert-OH is 2. The van der Waals surface area contributed by atoms with Crippen molar-refractivity contribution in [1.82, 2.24) is 9.55 Å². The minimum Gasteiger partial charge on any atom is -0.387 e. The zero-order valence-corrected chi connectivity index (χ0v) is 12.6. The quantitative estimate of drug-likeness (QED) is 0.467. The Balaban J connectivity index is 2.38. The molecule has 1 fully saturated rings. The Bertz CT molecular complexity index is 672. The molecule has 4 atom stereocenters. The van der Waals surface area contributed by atoms with E-state index >= 15 is 0 Å². The van der Waals surface area contributed by atoms with Crippen molar-refractivity contribution in [2.45, 2.75) is 31.0 Å². The van der Waals surface area contributed by atoms with Crippen LogP contribution in [-0.4, -0.2) is 57.7 Å². The molecule has 22 heavy (non-hydrogen) atoms. The third-order valence-electron chi connectivity index (χ3n) is 3.35. The van der Waals surface area contributed by atoms with Gasteiger partial charge < -0.3 is 25.4 Å². The van der Waals surface area contributed by atoms with E-state index in [0.717, 1.165) is 0 Å². The summed E-state index contributed by atoms with van der Waals surface area (Å²) in [5, 5.41) is 20.0. The van der Waals surface area contributed by atoms with Crippen molar-refractivity contribution < 1.29 is 24.5 Å². The maximum absolute atomic E-state index is 11.7. The Kier molecular flexibility index (Phi) is 5.08. The van der Waals surface area contributed by atoms with Crippen LogP contribution in [0.25, 0.3) is 0 Å². The molecule has 1 aliphatic rings. The van der Waals surface area contributed by atoms with Crippen LogP contribution in [0.4, 0.5) is 0 Å². The number of nitrogens with zero attached hydrogens (tertiary/aromatic N) is 1. The van der Waals surface area contributed by atoms with Gasteiger partial charge in [-0.2, -0.15) is 0 Å². The van der Waals surface area contributed by atoms with Crippen LogP contribution in [0, 0.1) is 4.77 Å². The Morgan fingerprint density at radius 1 is 1.55 bits per heavy atom. The van der Waals surface area contributed by atoms with Crippen LogP contribution in [0.15, 0.2) is 11.0 Å². The highest BCUT2D eigenvalue weighted by Gasteiger charge is 2.43. The van der Waals surface area contributed by atoms with E-state index in [9.17, 15) is 19.8 Å². The van der Waals surface area contributed by atoms with Gasteiger partial charge in [0.1, 0.15) is 18.3 Å². The van der Waals surface area contributed by atoms with Crippen molar-refractivity contribution >= 4 is 18.1 Å². The minimum atomic E-state index is -1.26. The van der Waals surface area contributed by atoms with E-state index in [1.807, 2.05) is 0 Å². The summed E-state index contributed by atoms with van der Waals surface area (Å²) in [5.74, 6) is -0.681. The lowest BCUT2D eigenvalue weighted by molar-refractivity contribution is -0.117. The third-order valence-corrected chi connectivity index (χ3v) is 3.66. The summed E-state index contributed by atoms with van der Waals surface area (Å²) in [6, 6.07) is 0. The highest BCUT2D eigenvalue weighted by atomic mass is 32.1. The Morgan fingerprint density at radius 2 is 2.23 bits per heavy atom. The number of amides is 1. The number of aliphatic hydroxyl groups is 2. The second-order valence-corrected chi connectivity index (χ2v) is 5.35. The van der Waals surface area contributed by atoms with Crippen molar-refractivity contribution in [1.29, 1.82) is 0 Å². The van der Waals surface area contributed by atoms with Gasteiger partial charge in [-0.1, -0.05) is 0 Å². The first-order valence-corrected chi connectivity index (χ1v) is 6.89. The van der Waals surface area contributed by atoms with Gasteiger partial charge in [0.15, 0.2) is 11.0 Å². The second kappa shape index (κ2) is 6.67. The number of carbonyl (C=O) groups is 1. The van der Waals surface area contributed by atoms with Crippen LogP contribution in [-0.2, 0) is 20.7 Å². The van der Waals surface area contributed by atoms with Crippen LogP contribution in [0.2, 0.25) is 0 Å². The monoisotopic (exact) mass is 331 g/mol. The molecule has 1 aromatic heterocycles. The zero-order valence-electron chi connectivity index (χ0n) is 11.8. The third kappa shape index (κ3) is 3.25. The van der Waals surface area contributed by atoms with Gasteiger partial charge in [0.2, 0.25) is 5.91 Å². The lowest BCUT2D eigenvalue weighted by atomic mass is 10.1. The molecule has 0 bridgehead atoms. The number of primary amides is 1. The summed E-state index contributed by atoms with van der Waals surface area (Å²) in [6.07, 6.45) is -3.17. The number of rotatable bonds is 5. The molecular formula is C12H17N3O6S. The maximum Gasteiger partial charge on any atom is 0.255 e. The number of aromatic amines is 1. The Hall–Kier alpha value is -1.59. The van der Waals surface area contributed by atoms with Gasteiger partial charge in [-0.3, -0.25) is 19.1 Å². The van der Waals surface area contributed by atoms with Crippen LogP contribution in [0.5, 0.6) is 0 Å². The largest absolute Gasteiger partial charge is 0.387 e. The maximum atomic E-state index is 11.7. The van der Waals surface area contributed by atoms with Gasteiger partial charge in [0.25, 0.3) is 5.56 Å². The fourth-order valence-corrected chi connectivity index (χ4v) is 2.54. The first-order chi connectivity index (χ1) is 10.3. The molecule has 122 valence electrons. The first-order valence-electron chi connectivity index (χ1n) is 6.48. The van der Waals surface area contributed by atoms with Gasteiger partial charge in [-0.05, 0) is 12.2 Å². The van der Waals surface area contributed by atoms with Crippen molar-refractivity contribution in [3.8, 4) is 0 Å². The molecule has 1 aliphatic heterocycles. The normalized spacial score (nSPS) is 28.0. The van der Waals surface area contributed by atoms with Crippen molar-refractivity contribution in [2.75, 3.05) is 13.7 Å². The molecule has 2 heterocycles. The molecule has 0 unspecified atom stereocenters. The van der Waals surface area contributed by atoms with Gasteiger partial charge >= 0.3 is 0 Å². The molecule has 9 nitrogen and oxygen atoms in total. The van der Waals surface area contributed by atoms with Gasteiger partial charge in [0.05, 0.1) is 13.0 Å². The SMILES string of the molecule is COC[C@H]1O[C@@H](n2cc(CC(N)=O)c(=O)[nH]c2=S)[C@H](O)[C@@H]1O. The average Bonchev–Trinajstić information content (AvgIpc) is 2.70. The predicted octanol–water partition coefficient (Wildman–Crippen LogP) is -1.80. The summed E-state index contributed by atoms with van der Waals surface area (Å²) < 4.78 is 11.7. The van der Waals surface area contributed by atoms with E-state index in [1.54, 1.807) is 0 Å². The molecule has 5 N–H and O–H groups in total. The molecule has 0 saturated carbocycles. The molecule has 0 aromatic carbocycles. The number of ether oxygens (including phenoxy) is 2. The highest BCUT2D eigenvalue weighted by Crippen LogP contribution is 2.29.